The van der Waals surface area contributed by atoms with Crippen molar-refractivity contribution in [2.24, 2.45) is 0 Å². The van der Waals surface area contributed by atoms with E-state index in [4.69, 9.17) is 4.74 Å². The van der Waals surface area contributed by atoms with Crippen LogP contribution in [0.4, 0.5) is 79.0 Å². The van der Waals surface area contributed by atoms with E-state index in [1.54, 1.807) is 0 Å². The van der Waals surface area contributed by atoms with Gasteiger partial charge in [-0.1, -0.05) is 54.6 Å². The second-order valence-corrected chi connectivity index (χ2v) is 20.5. The average Bonchev–Trinajstić information content (AvgIpc) is 3.22. The molecule has 0 spiro atoms. The van der Waals surface area contributed by atoms with Crippen molar-refractivity contribution in [1.29, 1.82) is 0 Å². The molecule has 0 fully saturated rings. The lowest BCUT2D eigenvalue weighted by Crippen LogP contribution is -3.61. The first-order valence-electron chi connectivity index (χ1n) is 17.1. The summed E-state index contributed by atoms with van der Waals surface area (Å²) in [5.41, 5.74) is 0. The summed E-state index contributed by atoms with van der Waals surface area (Å²) in [6.07, 6.45) is -14.3. The lowest BCUT2D eigenvalue weighted by Gasteiger charge is -2.34. The summed E-state index contributed by atoms with van der Waals surface area (Å²) >= 11 is -0.156. The Morgan fingerprint density at radius 2 is 0.642 bits per heavy atom. The highest BCUT2D eigenvalue weighted by Crippen LogP contribution is 2.55. The van der Waals surface area contributed by atoms with E-state index in [2.05, 4.69) is 140 Å². The maximum absolute atomic E-state index is 12.2. The standard InChI is InChI=1S/C30H23IOS.2C4HF9O3S/c1-4-10-24(11-5-1)31-25-16-18-26(19-17-25)32-27-20-22-30(23-21-27)33(28-12-6-2-7-13-28)29-14-8-3-9-15-29;2*5-1(6,3(9,10)11)2(7,8)4(12,13)17(14,15)16/h1-23H;2*(H,14,15,16)/q+2;;/p-2. The first kappa shape index (κ1) is 56.9. The average molecular weight is 1160 g/mol. The van der Waals surface area contributed by atoms with E-state index in [-0.39, 0.29) is 32.1 Å². The molecule has 0 saturated heterocycles. The molecule has 0 saturated carbocycles. The maximum Gasteiger partial charge on any atom is 0.460 e. The minimum atomic E-state index is -7.43. The minimum absolute atomic E-state index is 0.144. The second kappa shape index (κ2) is 20.6. The molecule has 0 bridgehead atoms. The largest absolute Gasteiger partial charge is 0.743 e. The van der Waals surface area contributed by atoms with Gasteiger partial charge in [0.25, 0.3) is 0 Å². The highest BCUT2D eigenvalue weighted by Gasteiger charge is 2.85. The number of alkyl halides is 18. The van der Waals surface area contributed by atoms with Crippen molar-refractivity contribution < 1.29 is 131 Å². The number of benzene rings is 5. The van der Waals surface area contributed by atoms with E-state index < -0.39 is 66.8 Å². The topological polar surface area (TPSA) is 124 Å². The lowest BCUT2D eigenvalue weighted by molar-refractivity contribution is -0.597. The van der Waals surface area contributed by atoms with E-state index in [1.807, 2.05) is 0 Å². The third-order valence-corrected chi connectivity index (χ3v) is 14.6. The Kier molecular flexibility index (Phi) is 17.5. The van der Waals surface area contributed by atoms with Crippen LogP contribution in [0.25, 0.3) is 0 Å². The molecule has 5 rings (SSSR count). The van der Waals surface area contributed by atoms with Gasteiger partial charge < -0.3 is 13.8 Å². The Labute approximate surface area is 379 Å². The summed E-state index contributed by atoms with van der Waals surface area (Å²) in [4.78, 5) is 3.91. The smallest absolute Gasteiger partial charge is 0.460 e. The van der Waals surface area contributed by atoms with Crippen LogP contribution in [0.5, 0.6) is 11.5 Å². The summed E-state index contributed by atoms with van der Waals surface area (Å²) in [5.74, 6) is -27.9. The Morgan fingerprint density at radius 1 is 0.373 bits per heavy atom. The van der Waals surface area contributed by atoms with Gasteiger partial charge in [-0.05, 0) is 84.9 Å². The summed E-state index contributed by atoms with van der Waals surface area (Å²) < 4.78 is 280. The zero-order valence-electron chi connectivity index (χ0n) is 32.0. The molecule has 0 aromatic heterocycles. The Morgan fingerprint density at radius 3 is 0.940 bits per heavy atom. The van der Waals surface area contributed by atoms with Crippen LogP contribution in [0, 0.1) is 7.14 Å². The van der Waals surface area contributed by atoms with Gasteiger partial charge in [-0.2, -0.15) is 79.0 Å². The molecule has 0 aliphatic heterocycles. The van der Waals surface area contributed by atoms with Crippen LogP contribution in [0.3, 0.4) is 0 Å². The SMILES string of the molecule is O=S(=O)([O-])C(F)(F)C(F)(F)C(F)(F)C(F)(F)F.O=S(=O)([O-])C(F)(F)C(F)(F)C(F)(F)C(F)(F)F.c1ccc([I+]c2ccc(Oc3ccc([S+](c4ccccc4)c4ccccc4)cc3)cc2)cc1. The van der Waals surface area contributed by atoms with Gasteiger partial charge >= 0.3 is 67.8 Å². The molecule has 0 unspecified atom stereocenters. The monoisotopic (exact) mass is 1160 g/mol. The van der Waals surface area contributed by atoms with Crippen LogP contribution in [-0.4, -0.2) is 72.5 Å². The molecule has 5 aromatic rings. The molecule has 29 heteroatoms. The fraction of sp³-hybridized carbons (Fsp3) is 0.211. The third kappa shape index (κ3) is 12.6. The Balaban J connectivity index is 0.000000298. The highest BCUT2D eigenvalue weighted by molar-refractivity contribution is 7.97. The number of halogens is 19. The predicted molar refractivity (Wildman–Crippen MR) is 193 cm³/mol. The molecule has 67 heavy (non-hydrogen) atoms. The van der Waals surface area contributed by atoms with Gasteiger partial charge in [0.05, 0.1) is 10.9 Å². The van der Waals surface area contributed by atoms with Crippen LogP contribution in [-0.2, 0) is 31.1 Å². The van der Waals surface area contributed by atoms with Gasteiger partial charge in [0.2, 0.25) is 0 Å². The molecule has 0 aliphatic rings. The van der Waals surface area contributed by atoms with Crippen LogP contribution >= 0.6 is 0 Å². The minimum Gasteiger partial charge on any atom is -0.743 e. The van der Waals surface area contributed by atoms with Crippen molar-refractivity contribution >= 4 is 31.1 Å². The normalized spacial score (nSPS) is 13.5. The Bertz CT molecular complexity index is 2490. The van der Waals surface area contributed by atoms with E-state index in [9.17, 15) is 105 Å². The summed E-state index contributed by atoms with van der Waals surface area (Å²) in [5, 5.41) is -14.2. The summed E-state index contributed by atoms with van der Waals surface area (Å²) in [6.45, 7) is 0. The molecule has 0 N–H and O–H groups in total. The number of hydrogen-bond donors (Lipinski definition) is 0. The molecule has 0 atom stereocenters. The maximum atomic E-state index is 12.2. The molecule has 0 heterocycles. The third-order valence-electron chi connectivity index (χ3n) is 7.88. The second-order valence-electron chi connectivity index (χ2n) is 12.6. The van der Waals surface area contributed by atoms with E-state index in [0.29, 0.717) is 0 Å². The van der Waals surface area contributed by atoms with Gasteiger partial charge in [0, 0.05) is 0 Å². The zero-order chi connectivity index (χ0) is 51.3. The van der Waals surface area contributed by atoms with Gasteiger partial charge in [-0.15, -0.1) is 0 Å². The molecular weight excluding hydrogens is 1130 g/mol. The summed E-state index contributed by atoms with van der Waals surface area (Å²) in [6, 6.07) is 49.2. The van der Waals surface area contributed by atoms with Crippen LogP contribution < -0.4 is 25.9 Å². The molecule has 5 aromatic carbocycles. The Hall–Kier alpha value is -4.46. The summed E-state index contributed by atoms with van der Waals surface area (Å²) in [7, 11) is -15.0. The van der Waals surface area contributed by atoms with Crippen molar-refractivity contribution in [3.63, 3.8) is 0 Å². The van der Waals surface area contributed by atoms with Crippen molar-refractivity contribution in [3.8, 4) is 11.5 Å². The number of hydrogen-bond acceptors (Lipinski definition) is 7. The fourth-order valence-electron chi connectivity index (χ4n) is 4.51. The van der Waals surface area contributed by atoms with E-state index in [1.165, 1.54) is 21.8 Å². The predicted octanol–water partition coefficient (Wildman–Crippen LogP) is 8.62. The van der Waals surface area contributed by atoms with Crippen molar-refractivity contribution in [1.82, 2.24) is 0 Å². The van der Waals surface area contributed by atoms with Crippen LogP contribution in [0.2, 0.25) is 0 Å². The van der Waals surface area contributed by atoms with Gasteiger partial charge in [-0.25, -0.2) is 16.8 Å². The molecule has 368 valence electrons. The highest BCUT2D eigenvalue weighted by atomic mass is 127. The zero-order valence-corrected chi connectivity index (χ0v) is 36.6. The first-order valence-corrected chi connectivity index (χ1v) is 23.3. The number of ether oxygens (including phenoxy) is 1. The van der Waals surface area contributed by atoms with Gasteiger partial charge in [0.1, 0.15) is 11.5 Å². The van der Waals surface area contributed by atoms with Crippen LogP contribution in [0.1, 0.15) is 0 Å². The van der Waals surface area contributed by atoms with E-state index >= 15 is 0 Å². The molecular formula is C38H23F18IO7S3. The van der Waals surface area contributed by atoms with E-state index in [0.717, 1.165) is 11.5 Å². The van der Waals surface area contributed by atoms with Crippen molar-refractivity contribution in [3.05, 3.63) is 147 Å². The van der Waals surface area contributed by atoms with Crippen molar-refractivity contribution in [2.45, 2.75) is 61.2 Å². The van der Waals surface area contributed by atoms with Crippen LogP contribution in [0.15, 0.2) is 154 Å². The first-order chi connectivity index (χ1) is 30.3. The molecule has 7 nitrogen and oxygen atoms in total. The van der Waals surface area contributed by atoms with Gasteiger partial charge in [-0.3, -0.25) is 0 Å². The molecule has 0 amide bonds. The number of rotatable bonds is 13. The lowest BCUT2D eigenvalue weighted by atomic mass is 10.1. The quantitative estimate of drug-likeness (QED) is 0.0501. The van der Waals surface area contributed by atoms with Crippen molar-refractivity contribution in [2.75, 3.05) is 0 Å². The molecule has 0 radical (unpaired) electrons. The fourth-order valence-corrected chi connectivity index (χ4v) is 9.69. The van der Waals surface area contributed by atoms with Gasteiger partial charge in [0.15, 0.2) is 42.1 Å². The molecule has 0 aliphatic carbocycles.